The van der Waals surface area contributed by atoms with E-state index in [4.69, 9.17) is 0 Å². The number of rotatable bonds is 8. The van der Waals surface area contributed by atoms with Crippen LogP contribution in [0.2, 0.25) is 0 Å². The van der Waals surface area contributed by atoms with Gasteiger partial charge in [-0.25, -0.2) is 8.78 Å². The van der Waals surface area contributed by atoms with Gasteiger partial charge in [-0.2, -0.15) is 0 Å². The molecular weight excluding hydrogens is 440 g/mol. The molecule has 0 unspecified atom stereocenters. The van der Waals surface area contributed by atoms with Crippen molar-refractivity contribution < 1.29 is 13.6 Å². The molecule has 1 saturated carbocycles. The van der Waals surface area contributed by atoms with Crippen LogP contribution in [0, 0.1) is 0 Å². The van der Waals surface area contributed by atoms with Crippen LogP contribution in [0.5, 0.6) is 0 Å². The Hall–Kier alpha value is -1.73. The van der Waals surface area contributed by atoms with Crippen LogP contribution in [-0.2, 0) is 10.7 Å². The molecule has 0 atom stereocenters. The van der Waals surface area contributed by atoms with Crippen LogP contribution in [0.15, 0.2) is 23.6 Å². The standard InChI is InChI=1S/C26H37F2N3OS/c1-3-31(21-8-5-4-6-9-21)25(32)10-7-13-29-14-16-30(17-15-29)23-19-33-24-18-20(26(2,27)28)11-12-22(23)24/h11-12,18-19,21H,3-10,13-17H2,1-2H3. The van der Waals surface area contributed by atoms with Gasteiger partial charge < -0.3 is 9.80 Å². The number of anilines is 1. The van der Waals surface area contributed by atoms with E-state index in [-0.39, 0.29) is 5.56 Å². The van der Waals surface area contributed by atoms with E-state index in [0.717, 1.165) is 68.4 Å². The zero-order valence-electron chi connectivity index (χ0n) is 20.0. The van der Waals surface area contributed by atoms with Crippen molar-refractivity contribution in [3.8, 4) is 0 Å². The average molecular weight is 478 g/mol. The zero-order chi connectivity index (χ0) is 23.4. The van der Waals surface area contributed by atoms with E-state index in [9.17, 15) is 13.6 Å². The first-order chi connectivity index (χ1) is 15.9. The number of amides is 1. The molecule has 2 aliphatic rings. The minimum absolute atomic E-state index is 0.0768. The number of piperazine rings is 1. The Kier molecular flexibility index (Phi) is 7.90. The largest absolute Gasteiger partial charge is 0.368 e. The second-order valence-corrected chi connectivity index (χ2v) is 10.5. The molecule has 1 aromatic heterocycles. The number of halogens is 2. The molecular formula is C26H37F2N3OS. The molecule has 2 aromatic rings. The Morgan fingerprint density at radius 3 is 2.55 bits per heavy atom. The molecule has 2 heterocycles. The molecule has 0 N–H and O–H groups in total. The predicted octanol–water partition coefficient (Wildman–Crippen LogP) is 6.10. The normalized spacial score (nSPS) is 18.7. The lowest BCUT2D eigenvalue weighted by Crippen LogP contribution is -2.47. The van der Waals surface area contributed by atoms with Crippen molar-refractivity contribution >= 4 is 33.0 Å². The monoisotopic (exact) mass is 477 g/mol. The van der Waals surface area contributed by atoms with Gasteiger partial charge in [0.1, 0.15) is 0 Å². The maximum absolute atomic E-state index is 13.7. The number of carbonyl (C=O) groups excluding carboxylic acids is 1. The quantitative estimate of drug-likeness (QED) is 0.460. The van der Waals surface area contributed by atoms with Gasteiger partial charge in [0.15, 0.2) is 0 Å². The van der Waals surface area contributed by atoms with Crippen LogP contribution in [0.4, 0.5) is 14.5 Å². The fourth-order valence-electron chi connectivity index (χ4n) is 5.37. The molecule has 4 nitrogen and oxygen atoms in total. The van der Waals surface area contributed by atoms with Gasteiger partial charge in [-0.15, -0.1) is 11.3 Å². The van der Waals surface area contributed by atoms with Gasteiger partial charge in [0.05, 0.1) is 5.69 Å². The van der Waals surface area contributed by atoms with Crippen LogP contribution < -0.4 is 4.90 Å². The maximum atomic E-state index is 13.7. The third kappa shape index (κ3) is 5.86. The molecule has 1 aliphatic heterocycles. The van der Waals surface area contributed by atoms with Gasteiger partial charge in [0, 0.05) is 73.1 Å². The van der Waals surface area contributed by atoms with Gasteiger partial charge in [0.25, 0.3) is 5.92 Å². The SMILES string of the molecule is CCN(C(=O)CCCN1CCN(c2csc3cc(C(C)(F)F)ccc23)CC1)C1CCCCC1. The van der Waals surface area contributed by atoms with Crippen molar-refractivity contribution in [1.29, 1.82) is 0 Å². The summed E-state index contributed by atoms with van der Waals surface area (Å²) in [7, 11) is 0. The second-order valence-electron chi connectivity index (χ2n) is 9.62. The third-order valence-electron chi connectivity index (χ3n) is 7.32. The molecule has 182 valence electrons. The Morgan fingerprint density at radius 2 is 1.88 bits per heavy atom. The number of benzene rings is 1. The summed E-state index contributed by atoms with van der Waals surface area (Å²) in [6.45, 7) is 8.63. The molecule has 0 radical (unpaired) electrons. The van der Waals surface area contributed by atoms with Crippen molar-refractivity contribution in [2.75, 3.05) is 44.2 Å². The first-order valence-electron chi connectivity index (χ1n) is 12.5. The van der Waals surface area contributed by atoms with E-state index in [1.807, 2.05) is 6.07 Å². The number of carbonyl (C=O) groups is 1. The summed E-state index contributed by atoms with van der Waals surface area (Å²) >= 11 is 1.54. The van der Waals surface area contributed by atoms with E-state index in [0.29, 0.717) is 18.4 Å². The van der Waals surface area contributed by atoms with Crippen LogP contribution in [0.25, 0.3) is 10.1 Å². The Morgan fingerprint density at radius 1 is 1.15 bits per heavy atom. The molecule has 4 rings (SSSR count). The van der Waals surface area contributed by atoms with E-state index in [1.165, 1.54) is 32.1 Å². The summed E-state index contributed by atoms with van der Waals surface area (Å²) in [5.41, 5.74) is 1.23. The van der Waals surface area contributed by atoms with Crippen molar-refractivity contribution in [3.63, 3.8) is 0 Å². The van der Waals surface area contributed by atoms with Crippen molar-refractivity contribution in [2.45, 2.75) is 70.8 Å². The van der Waals surface area contributed by atoms with Gasteiger partial charge in [-0.1, -0.05) is 31.4 Å². The molecule has 1 aromatic carbocycles. The minimum Gasteiger partial charge on any atom is -0.368 e. The molecule has 1 amide bonds. The highest BCUT2D eigenvalue weighted by Crippen LogP contribution is 2.37. The van der Waals surface area contributed by atoms with Gasteiger partial charge in [-0.05, 0) is 38.8 Å². The highest BCUT2D eigenvalue weighted by molar-refractivity contribution is 7.17. The number of hydrogen-bond acceptors (Lipinski definition) is 4. The van der Waals surface area contributed by atoms with E-state index in [2.05, 4.69) is 27.0 Å². The van der Waals surface area contributed by atoms with Crippen molar-refractivity contribution in [2.24, 2.45) is 0 Å². The molecule has 1 aliphatic carbocycles. The summed E-state index contributed by atoms with van der Waals surface area (Å²) in [6, 6.07) is 5.49. The summed E-state index contributed by atoms with van der Waals surface area (Å²) < 4.78 is 28.2. The van der Waals surface area contributed by atoms with E-state index in [1.54, 1.807) is 23.5 Å². The minimum atomic E-state index is -2.81. The summed E-state index contributed by atoms with van der Waals surface area (Å²) in [6.07, 6.45) is 7.71. The molecule has 7 heteroatoms. The second kappa shape index (κ2) is 10.7. The highest BCUT2D eigenvalue weighted by Gasteiger charge is 2.26. The average Bonchev–Trinajstić information content (AvgIpc) is 3.24. The number of fused-ring (bicyclic) bond motifs is 1. The van der Waals surface area contributed by atoms with Crippen LogP contribution >= 0.6 is 11.3 Å². The lowest BCUT2D eigenvalue weighted by molar-refractivity contribution is -0.134. The Bertz CT molecular complexity index is 927. The van der Waals surface area contributed by atoms with Crippen LogP contribution in [-0.4, -0.2) is 61.0 Å². The van der Waals surface area contributed by atoms with Gasteiger partial charge >= 0.3 is 0 Å². The molecule has 33 heavy (non-hydrogen) atoms. The molecule has 0 spiro atoms. The fourth-order valence-corrected chi connectivity index (χ4v) is 6.38. The summed E-state index contributed by atoms with van der Waals surface area (Å²) in [5, 5.41) is 3.16. The molecule has 0 bridgehead atoms. The number of hydrogen-bond donors (Lipinski definition) is 0. The first kappa shape index (κ1) is 24.4. The number of nitrogens with zero attached hydrogens (tertiary/aromatic N) is 3. The topological polar surface area (TPSA) is 26.8 Å². The lowest BCUT2D eigenvalue weighted by atomic mass is 9.94. The van der Waals surface area contributed by atoms with E-state index < -0.39 is 5.92 Å². The number of thiophene rings is 1. The predicted molar refractivity (Wildman–Crippen MR) is 134 cm³/mol. The first-order valence-corrected chi connectivity index (χ1v) is 13.4. The summed E-state index contributed by atoms with van der Waals surface area (Å²) in [5.74, 6) is -2.49. The van der Waals surface area contributed by atoms with Gasteiger partial charge in [0.2, 0.25) is 5.91 Å². The van der Waals surface area contributed by atoms with E-state index >= 15 is 0 Å². The third-order valence-corrected chi connectivity index (χ3v) is 8.25. The number of alkyl halides is 2. The maximum Gasteiger partial charge on any atom is 0.270 e. The van der Waals surface area contributed by atoms with Gasteiger partial charge in [-0.3, -0.25) is 9.69 Å². The molecule has 1 saturated heterocycles. The summed E-state index contributed by atoms with van der Waals surface area (Å²) in [4.78, 5) is 19.7. The highest BCUT2D eigenvalue weighted by atomic mass is 32.1. The van der Waals surface area contributed by atoms with Crippen LogP contribution in [0.1, 0.15) is 64.4 Å². The zero-order valence-corrected chi connectivity index (χ0v) is 20.8. The smallest absolute Gasteiger partial charge is 0.270 e. The van der Waals surface area contributed by atoms with Crippen molar-refractivity contribution in [3.05, 3.63) is 29.1 Å². The lowest BCUT2D eigenvalue weighted by Gasteiger charge is -2.36. The Labute approximate surface area is 200 Å². The Balaban J connectivity index is 1.25. The molecule has 2 fully saturated rings. The van der Waals surface area contributed by atoms with Crippen molar-refractivity contribution in [1.82, 2.24) is 9.80 Å². The fraction of sp³-hybridized carbons (Fsp3) is 0.654. The van der Waals surface area contributed by atoms with Crippen LogP contribution in [0.3, 0.4) is 0 Å².